The molecular formula is C14H15ClFNO2. The number of benzene rings is 1. The molecule has 1 heterocycles. The summed E-state index contributed by atoms with van der Waals surface area (Å²) in [6.45, 7) is 3.87. The maximum Gasteiger partial charge on any atom is 0.145 e. The summed E-state index contributed by atoms with van der Waals surface area (Å²) in [5.74, 6) is 0.785. The van der Waals surface area contributed by atoms with Crippen molar-refractivity contribution in [1.29, 1.82) is 0 Å². The van der Waals surface area contributed by atoms with Crippen molar-refractivity contribution >= 4 is 11.6 Å². The molecule has 0 atom stereocenters. The van der Waals surface area contributed by atoms with Gasteiger partial charge in [0.1, 0.15) is 23.9 Å². The van der Waals surface area contributed by atoms with Crippen LogP contribution >= 0.6 is 11.6 Å². The van der Waals surface area contributed by atoms with Gasteiger partial charge in [-0.3, -0.25) is 0 Å². The lowest BCUT2D eigenvalue weighted by atomic mass is 10.2. The molecule has 0 saturated carbocycles. The van der Waals surface area contributed by atoms with Crippen molar-refractivity contribution in [3.8, 4) is 5.75 Å². The first kappa shape index (κ1) is 13.9. The second-order valence-corrected chi connectivity index (χ2v) is 4.42. The minimum atomic E-state index is -0.487. The van der Waals surface area contributed by atoms with Crippen molar-refractivity contribution < 1.29 is 13.5 Å². The lowest BCUT2D eigenvalue weighted by molar-refractivity contribution is 0.300. The summed E-state index contributed by atoms with van der Waals surface area (Å²) < 4.78 is 24.1. The molecule has 0 spiro atoms. The van der Waals surface area contributed by atoms with Gasteiger partial charge in [0, 0.05) is 11.6 Å². The maximum absolute atomic E-state index is 13.3. The normalized spacial score (nSPS) is 10.7. The molecule has 1 aromatic heterocycles. The third kappa shape index (κ3) is 3.72. The number of hydrogen-bond acceptors (Lipinski definition) is 3. The molecule has 1 aromatic carbocycles. The summed E-state index contributed by atoms with van der Waals surface area (Å²) in [5.41, 5.74) is 0.941. The molecule has 0 aliphatic rings. The van der Waals surface area contributed by atoms with Crippen molar-refractivity contribution in [1.82, 2.24) is 5.32 Å². The minimum Gasteiger partial charge on any atom is -0.489 e. The molecule has 2 aromatic rings. The Morgan fingerprint density at radius 3 is 2.95 bits per heavy atom. The Hall–Kier alpha value is -1.52. The van der Waals surface area contributed by atoms with E-state index in [2.05, 4.69) is 5.32 Å². The summed E-state index contributed by atoms with van der Waals surface area (Å²) in [5, 5.41) is 3.27. The molecule has 0 saturated heterocycles. The number of hydrogen-bond donors (Lipinski definition) is 1. The van der Waals surface area contributed by atoms with Gasteiger partial charge in [-0.2, -0.15) is 0 Å². The van der Waals surface area contributed by atoms with Crippen LogP contribution in [0.15, 0.2) is 34.9 Å². The van der Waals surface area contributed by atoms with E-state index in [9.17, 15) is 4.39 Å². The van der Waals surface area contributed by atoms with Crippen LogP contribution in [0, 0.1) is 5.82 Å². The third-order valence-electron chi connectivity index (χ3n) is 2.66. The van der Waals surface area contributed by atoms with E-state index in [0.29, 0.717) is 18.9 Å². The minimum absolute atomic E-state index is 0.0866. The molecule has 0 unspecified atom stereocenters. The van der Waals surface area contributed by atoms with E-state index >= 15 is 0 Å². The highest BCUT2D eigenvalue weighted by atomic mass is 35.5. The van der Waals surface area contributed by atoms with E-state index < -0.39 is 5.82 Å². The summed E-state index contributed by atoms with van der Waals surface area (Å²) in [7, 11) is 0. The molecule has 5 heteroatoms. The molecule has 102 valence electrons. The Labute approximate surface area is 116 Å². The topological polar surface area (TPSA) is 34.4 Å². The van der Waals surface area contributed by atoms with Gasteiger partial charge in [-0.15, -0.1) is 0 Å². The zero-order valence-corrected chi connectivity index (χ0v) is 11.3. The molecule has 0 radical (unpaired) electrons. The highest BCUT2D eigenvalue weighted by Crippen LogP contribution is 2.22. The van der Waals surface area contributed by atoms with Crippen LogP contribution < -0.4 is 10.1 Å². The van der Waals surface area contributed by atoms with Gasteiger partial charge >= 0.3 is 0 Å². The first-order valence-electron chi connectivity index (χ1n) is 6.04. The van der Waals surface area contributed by atoms with Crippen LogP contribution in [0.3, 0.4) is 0 Å². The van der Waals surface area contributed by atoms with Crippen molar-refractivity contribution in [2.75, 3.05) is 6.54 Å². The van der Waals surface area contributed by atoms with Gasteiger partial charge in [0.2, 0.25) is 0 Å². The quantitative estimate of drug-likeness (QED) is 0.876. The Balaban J connectivity index is 1.98. The van der Waals surface area contributed by atoms with Crippen molar-refractivity contribution in [2.45, 2.75) is 20.1 Å². The fraction of sp³-hybridized carbons (Fsp3) is 0.286. The summed E-state index contributed by atoms with van der Waals surface area (Å²) in [4.78, 5) is 0. The molecule has 0 fully saturated rings. The highest BCUT2D eigenvalue weighted by molar-refractivity contribution is 6.30. The fourth-order valence-electron chi connectivity index (χ4n) is 1.62. The van der Waals surface area contributed by atoms with Gasteiger partial charge in [-0.1, -0.05) is 18.5 Å². The van der Waals surface area contributed by atoms with Crippen LogP contribution in [0.4, 0.5) is 4.39 Å². The molecule has 2 rings (SSSR count). The third-order valence-corrected chi connectivity index (χ3v) is 2.97. The van der Waals surface area contributed by atoms with Crippen LogP contribution in [0.2, 0.25) is 5.02 Å². The summed E-state index contributed by atoms with van der Waals surface area (Å²) in [6.07, 6.45) is 1.62. The molecule has 19 heavy (non-hydrogen) atoms. The Morgan fingerprint density at radius 2 is 2.21 bits per heavy atom. The number of nitrogens with one attached hydrogen (secondary N) is 1. The van der Waals surface area contributed by atoms with E-state index in [1.165, 1.54) is 12.1 Å². The predicted octanol–water partition coefficient (Wildman–Crippen LogP) is 3.76. The smallest absolute Gasteiger partial charge is 0.145 e. The number of halogens is 2. The van der Waals surface area contributed by atoms with Crippen LogP contribution in [0.1, 0.15) is 18.2 Å². The average Bonchev–Trinajstić information content (AvgIpc) is 2.85. The maximum atomic E-state index is 13.3. The first-order valence-corrected chi connectivity index (χ1v) is 6.42. The average molecular weight is 284 g/mol. The number of furan rings is 1. The molecule has 1 N–H and O–H groups in total. The van der Waals surface area contributed by atoms with Gasteiger partial charge in [0.25, 0.3) is 0 Å². The lowest BCUT2D eigenvalue weighted by Crippen LogP contribution is -2.12. The molecule has 0 aliphatic heterocycles. The lowest BCUT2D eigenvalue weighted by Gasteiger charge is -2.07. The SMILES string of the molecule is CCNCc1occc1COc1ccc(Cl)c(F)c1. The molecule has 0 bridgehead atoms. The van der Waals surface area contributed by atoms with E-state index in [1.54, 1.807) is 12.3 Å². The predicted molar refractivity (Wildman–Crippen MR) is 71.8 cm³/mol. The molecular weight excluding hydrogens is 269 g/mol. The number of rotatable bonds is 6. The Kier molecular flexibility index (Phi) is 4.82. The van der Waals surface area contributed by atoms with Crippen LogP contribution in [-0.2, 0) is 13.2 Å². The number of ether oxygens (including phenoxy) is 1. The van der Waals surface area contributed by atoms with Crippen LogP contribution in [-0.4, -0.2) is 6.54 Å². The second-order valence-electron chi connectivity index (χ2n) is 4.01. The van der Waals surface area contributed by atoms with Crippen LogP contribution in [0.5, 0.6) is 5.75 Å². The Morgan fingerprint density at radius 1 is 1.37 bits per heavy atom. The van der Waals surface area contributed by atoms with E-state index in [-0.39, 0.29) is 5.02 Å². The van der Waals surface area contributed by atoms with Crippen molar-refractivity contribution in [3.05, 3.63) is 52.7 Å². The van der Waals surface area contributed by atoms with E-state index in [0.717, 1.165) is 17.9 Å². The largest absolute Gasteiger partial charge is 0.489 e. The van der Waals surface area contributed by atoms with Gasteiger partial charge in [0.15, 0.2) is 0 Å². The molecule has 0 aliphatic carbocycles. The highest BCUT2D eigenvalue weighted by Gasteiger charge is 2.07. The van der Waals surface area contributed by atoms with E-state index in [4.69, 9.17) is 20.8 Å². The zero-order valence-electron chi connectivity index (χ0n) is 10.6. The van der Waals surface area contributed by atoms with Gasteiger partial charge in [-0.25, -0.2) is 4.39 Å². The fourth-order valence-corrected chi connectivity index (χ4v) is 1.73. The summed E-state index contributed by atoms with van der Waals surface area (Å²) in [6, 6.07) is 6.22. The standard InChI is InChI=1S/C14H15ClFNO2/c1-2-17-8-14-10(5-6-18-14)9-19-11-3-4-12(15)13(16)7-11/h3-7,17H,2,8-9H2,1H3. The van der Waals surface area contributed by atoms with Gasteiger partial charge < -0.3 is 14.5 Å². The van der Waals surface area contributed by atoms with Crippen LogP contribution in [0.25, 0.3) is 0 Å². The first-order chi connectivity index (χ1) is 9.20. The summed E-state index contributed by atoms with van der Waals surface area (Å²) >= 11 is 5.61. The van der Waals surface area contributed by atoms with E-state index in [1.807, 2.05) is 13.0 Å². The Bertz CT molecular complexity index is 542. The van der Waals surface area contributed by atoms with Gasteiger partial charge in [-0.05, 0) is 24.7 Å². The second kappa shape index (κ2) is 6.59. The van der Waals surface area contributed by atoms with Gasteiger partial charge in [0.05, 0.1) is 17.8 Å². The van der Waals surface area contributed by atoms with Crippen molar-refractivity contribution in [2.24, 2.45) is 0 Å². The zero-order chi connectivity index (χ0) is 13.7. The monoisotopic (exact) mass is 283 g/mol. The van der Waals surface area contributed by atoms with Crippen molar-refractivity contribution in [3.63, 3.8) is 0 Å². The molecule has 3 nitrogen and oxygen atoms in total. The molecule has 0 amide bonds.